The van der Waals surface area contributed by atoms with Crippen molar-refractivity contribution in [2.75, 3.05) is 32.1 Å². The van der Waals surface area contributed by atoms with E-state index in [0.717, 1.165) is 11.3 Å². The normalized spacial score (nSPS) is 18.8. The van der Waals surface area contributed by atoms with Crippen LogP contribution in [0.2, 0.25) is 0 Å². The highest BCUT2D eigenvalue weighted by atomic mass is 16.5. The number of carbonyl (C=O) groups is 1. The molecule has 1 aromatic carbocycles. The lowest BCUT2D eigenvalue weighted by Gasteiger charge is -2.30. The number of ether oxygens (including phenoxy) is 1. The van der Waals surface area contributed by atoms with Crippen LogP contribution in [0.4, 0.5) is 5.69 Å². The Bertz CT molecular complexity index is 522. The molecule has 0 saturated carbocycles. The maximum atomic E-state index is 12.4. The van der Waals surface area contributed by atoms with Gasteiger partial charge < -0.3 is 15.0 Å². The van der Waals surface area contributed by atoms with Crippen molar-refractivity contribution in [1.29, 1.82) is 5.26 Å². The minimum Gasteiger partial charge on any atom is -0.388 e. The maximum absolute atomic E-state index is 12.4. The zero-order valence-electron chi connectivity index (χ0n) is 11.1. The predicted octanol–water partition coefficient (Wildman–Crippen LogP) is 1.40. The van der Waals surface area contributed by atoms with Gasteiger partial charge in [0.1, 0.15) is 0 Å². The van der Waals surface area contributed by atoms with E-state index in [2.05, 4.69) is 5.32 Å². The molecule has 2 rings (SSSR count). The monoisotopic (exact) mass is 259 g/mol. The number of morpholine rings is 1. The number of nitrogens with zero attached hydrogens (tertiary/aromatic N) is 2. The SMILES string of the molecule is CNc1ccc(C(=O)N2CCOC(C#N)C2)cc1C. The molecule has 0 spiro atoms. The molecule has 1 unspecified atom stereocenters. The van der Waals surface area contributed by atoms with Gasteiger partial charge in [0.25, 0.3) is 5.91 Å². The molecule has 1 amide bonds. The summed E-state index contributed by atoms with van der Waals surface area (Å²) in [6.07, 6.45) is -0.518. The molecule has 1 atom stereocenters. The fraction of sp³-hybridized carbons (Fsp3) is 0.429. The highest BCUT2D eigenvalue weighted by molar-refractivity contribution is 5.95. The van der Waals surface area contributed by atoms with Crippen molar-refractivity contribution in [2.45, 2.75) is 13.0 Å². The molecule has 1 N–H and O–H groups in total. The summed E-state index contributed by atoms with van der Waals surface area (Å²) in [4.78, 5) is 14.0. The molecule has 1 saturated heterocycles. The lowest BCUT2D eigenvalue weighted by Crippen LogP contribution is -2.45. The Morgan fingerprint density at radius 1 is 1.58 bits per heavy atom. The lowest BCUT2D eigenvalue weighted by atomic mass is 10.1. The van der Waals surface area contributed by atoms with Crippen molar-refractivity contribution >= 4 is 11.6 Å². The van der Waals surface area contributed by atoms with Gasteiger partial charge in [0.2, 0.25) is 0 Å². The van der Waals surface area contributed by atoms with Gasteiger partial charge in [0, 0.05) is 24.8 Å². The zero-order valence-corrected chi connectivity index (χ0v) is 11.1. The average molecular weight is 259 g/mol. The Labute approximate surface area is 112 Å². The first-order valence-electron chi connectivity index (χ1n) is 6.24. The summed E-state index contributed by atoms with van der Waals surface area (Å²) in [5, 5.41) is 11.9. The summed E-state index contributed by atoms with van der Waals surface area (Å²) < 4.78 is 5.24. The van der Waals surface area contributed by atoms with Crippen molar-refractivity contribution in [2.24, 2.45) is 0 Å². The first kappa shape index (κ1) is 13.4. The molecule has 100 valence electrons. The quantitative estimate of drug-likeness (QED) is 0.872. The number of aryl methyl sites for hydroxylation is 1. The van der Waals surface area contributed by atoms with Crippen LogP contribution in [0.15, 0.2) is 18.2 Å². The minimum atomic E-state index is -0.518. The number of carbonyl (C=O) groups excluding carboxylic acids is 1. The van der Waals surface area contributed by atoms with Crippen LogP contribution in [-0.2, 0) is 4.74 Å². The summed E-state index contributed by atoms with van der Waals surface area (Å²) in [5.41, 5.74) is 2.68. The Kier molecular flexibility index (Phi) is 4.03. The standard InChI is InChI=1S/C14H17N3O2/c1-10-7-11(3-4-13(10)16-2)14(18)17-5-6-19-12(8-15)9-17/h3-4,7,12,16H,5-6,9H2,1-2H3. The van der Waals surface area contributed by atoms with Crippen molar-refractivity contribution in [1.82, 2.24) is 4.90 Å². The summed E-state index contributed by atoms with van der Waals surface area (Å²) in [6.45, 7) is 3.24. The van der Waals surface area contributed by atoms with Gasteiger partial charge in [-0.1, -0.05) is 0 Å². The largest absolute Gasteiger partial charge is 0.388 e. The van der Waals surface area contributed by atoms with Crippen LogP contribution in [0.5, 0.6) is 0 Å². The Balaban J connectivity index is 2.15. The fourth-order valence-electron chi connectivity index (χ4n) is 2.17. The van der Waals surface area contributed by atoms with E-state index in [9.17, 15) is 4.79 Å². The molecular weight excluding hydrogens is 242 g/mol. The van der Waals surface area contributed by atoms with Crippen LogP contribution >= 0.6 is 0 Å². The molecule has 1 aromatic rings. The van der Waals surface area contributed by atoms with Crippen LogP contribution in [-0.4, -0.2) is 43.7 Å². The number of nitriles is 1. The second-order valence-corrected chi connectivity index (χ2v) is 4.52. The van der Waals surface area contributed by atoms with E-state index in [1.807, 2.05) is 32.2 Å². The molecule has 0 aliphatic carbocycles. The number of hydrogen-bond acceptors (Lipinski definition) is 4. The second kappa shape index (κ2) is 5.72. The van der Waals surface area contributed by atoms with Crippen molar-refractivity contribution in [3.8, 4) is 6.07 Å². The van der Waals surface area contributed by atoms with Crippen LogP contribution in [0.25, 0.3) is 0 Å². The van der Waals surface area contributed by atoms with E-state index in [1.54, 1.807) is 11.0 Å². The maximum Gasteiger partial charge on any atom is 0.254 e. The van der Waals surface area contributed by atoms with Gasteiger partial charge in [0.05, 0.1) is 19.2 Å². The topological polar surface area (TPSA) is 65.4 Å². The Morgan fingerprint density at radius 3 is 3.00 bits per heavy atom. The summed E-state index contributed by atoms with van der Waals surface area (Å²) in [6, 6.07) is 7.61. The molecule has 1 aliphatic rings. The average Bonchev–Trinajstić information content (AvgIpc) is 2.46. The van der Waals surface area contributed by atoms with Crippen LogP contribution in [0.1, 0.15) is 15.9 Å². The molecule has 5 nitrogen and oxygen atoms in total. The van der Waals surface area contributed by atoms with E-state index in [0.29, 0.717) is 25.3 Å². The second-order valence-electron chi connectivity index (χ2n) is 4.52. The number of rotatable bonds is 2. The van der Waals surface area contributed by atoms with Crippen molar-refractivity contribution in [3.05, 3.63) is 29.3 Å². The molecule has 0 radical (unpaired) electrons. The summed E-state index contributed by atoms with van der Waals surface area (Å²) >= 11 is 0. The summed E-state index contributed by atoms with van der Waals surface area (Å²) in [5.74, 6) is -0.0469. The van der Waals surface area contributed by atoms with Crippen molar-refractivity contribution in [3.63, 3.8) is 0 Å². The molecule has 19 heavy (non-hydrogen) atoms. The molecule has 0 aromatic heterocycles. The van der Waals surface area contributed by atoms with Gasteiger partial charge in [-0.2, -0.15) is 5.26 Å². The van der Waals surface area contributed by atoms with Gasteiger partial charge in [-0.3, -0.25) is 4.79 Å². The van der Waals surface area contributed by atoms with Crippen LogP contribution in [0, 0.1) is 18.3 Å². The Morgan fingerprint density at radius 2 is 2.37 bits per heavy atom. The number of nitrogens with one attached hydrogen (secondary N) is 1. The number of hydrogen-bond donors (Lipinski definition) is 1. The lowest BCUT2D eigenvalue weighted by molar-refractivity contribution is 0.00346. The van der Waals surface area contributed by atoms with Crippen LogP contribution in [0.3, 0.4) is 0 Å². The van der Waals surface area contributed by atoms with E-state index in [-0.39, 0.29) is 5.91 Å². The fourth-order valence-corrected chi connectivity index (χ4v) is 2.17. The third-order valence-electron chi connectivity index (χ3n) is 3.24. The van der Waals surface area contributed by atoms with Gasteiger partial charge in [0.15, 0.2) is 6.10 Å². The minimum absolute atomic E-state index is 0.0469. The number of benzene rings is 1. The van der Waals surface area contributed by atoms with Gasteiger partial charge >= 0.3 is 0 Å². The Hall–Kier alpha value is -2.06. The highest BCUT2D eigenvalue weighted by Gasteiger charge is 2.24. The van der Waals surface area contributed by atoms with E-state index >= 15 is 0 Å². The zero-order chi connectivity index (χ0) is 13.8. The third-order valence-corrected chi connectivity index (χ3v) is 3.24. The van der Waals surface area contributed by atoms with Crippen molar-refractivity contribution < 1.29 is 9.53 Å². The molecule has 0 bridgehead atoms. The van der Waals surface area contributed by atoms with Gasteiger partial charge in [-0.25, -0.2) is 0 Å². The first-order chi connectivity index (χ1) is 9.15. The molecular formula is C14H17N3O2. The summed E-state index contributed by atoms with van der Waals surface area (Å²) in [7, 11) is 1.85. The van der Waals surface area contributed by atoms with Crippen LogP contribution < -0.4 is 5.32 Å². The van der Waals surface area contributed by atoms with E-state index in [1.165, 1.54) is 0 Å². The van der Waals surface area contributed by atoms with E-state index < -0.39 is 6.10 Å². The first-order valence-corrected chi connectivity index (χ1v) is 6.24. The molecule has 5 heteroatoms. The molecule has 1 aliphatic heterocycles. The number of amides is 1. The molecule has 1 heterocycles. The van der Waals surface area contributed by atoms with Gasteiger partial charge in [-0.15, -0.1) is 0 Å². The number of anilines is 1. The predicted molar refractivity (Wildman–Crippen MR) is 72.0 cm³/mol. The third kappa shape index (κ3) is 2.85. The smallest absolute Gasteiger partial charge is 0.254 e. The highest BCUT2D eigenvalue weighted by Crippen LogP contribution is 2.18. The van der Waals surface area contributed by atoms with Gasteiger partial charge in [-0.05, 0) is 30.7 Å². The van der Waals surface area contributed by atoms with E-state index in [4.69, 9.17) is 10.00 Å². The molecule has 1 fully saturated rings.